The van der Waals surface area contributed by atoms with Crippen LogP contribution in [0.1, 0.15) is 13.8 Å². The fourth-order valence-corrected chi connectivity index (χ4v) is 0.918. The van der Waals surface area contributed by atoms with Gasteiger partial charge in [0.1, 0.15) is 0 Å². The quantitative estimate of drug-likeness (QED) is 0.549. The number of ether oxygens (including phenoxy) is 2. The first-order chi connectivity index (χ1) is 4.62. The molecule has 0 aliphatic carbocycles. The molecule has 1 unspecified atom stereocenters. The number of hydrogen-bond acceptors (Lipinski definition) is 3. The zero-order chi connectivity index (χ0) is 8.04. The number of rotatable bonds is 5. The lowest BCUT2D eigenvalue weighted by Gasteiger charge is -2.21. The van der Waals surface area contributed by atoms with Crippen molar-refractivity contribution in [3.8, 4) is 0 Å². The van der Waals surface area contributed by atoms with Crippen molar-refractivity contribution >= 4 is 15.9 Å². The Labute approximate surface area is 69.5 Å². The van der Waals surface area contributed by atoms with Gasteiger partial charge in [0.05, 0.1) is 13.2 Å². The largest absolute Gasteiger partial charge is 0.394 e. The molecular formula is C6H13BrO3. The molecule has 0 heterocycles. The van der Waals surface area contributed by atoms with Crippen LogP contribution in [0.3, 0.4) is 0 Å². The summed E-state index contributed by atoms with van der Waals surface area (Å²) in [5.74, 6) is 0. The number of aliphatic hydroxyl groups is 1. The second-order valence-corrected chi connectivity index (χ2v) is 3.28. The highest BCUT2D eigenvalue weighted by atomic mass is 79.9. The van der Waals surface area contributed by atoms with Crippen LogP contribution in [0.4, 0.5) is 0 Å². The number of halogens is 1. The van der Waals surface area contributed by atoms with E-state index in [0.717, 1.165) is 0 Å². The van der Waals surface area contributed by atoms with Crippen molar-refractivity contribution in [2.45, 2.75) is 18.5 Å². The van der Waals surface area contributed by atoms with Gasteiger partial charge in [-0.15, -0.1) is 0 Å². The number of alkyl halides is 1. The molecule has 10 heavy (non-hydrogen) atoms. The zero-order valence-corrected chi connectivity index (χ0v) is 7.85. The smallest absolute Gasteiger partial charge is 0.223 e. The molecule has 4 heteroatoms. The summed E-state index contributed by atoms with van der Waals surface area (Å²) >= 11 is 3.19. The van der Waals surface area contributed by atoms with Crippen LogP contribution in [0.5, 0.6) is 0 Å². The Kier molecular flexibility index (Phi) is 5.25. The second kappa shape index (κ2) is 5.07. The second-order valence-electron chi connectivity index (χ2n) is 1.84. The predicted octanol–water partition coefficient (Wildman–Crippen LogP) is 1.10. The monoisotopic (exact) mass is 212 g/mol. The normalized spacial score (nSPS) is 16.8. The molecule has 0 bridgehead atoms. The molecule has 62 valence electrons. The molecule has 0 radical (unpaired) electrons. The summed E-state index contributed by atoms with van der Waals surface area (Å²) < 4.78 is 9.43. The van der Waals surface area contributed by atoms with Gasteiger partial charge in [-0.05, 0) is 22.9 Å². The molecule has 0 amide bonds. The fraction of sp³-hybridized carbons (Fsp3) is 1.00. The van der Waals surface area contributed by atoms with E-state index in [-0.39, 0.29) is 13.2 Å². The molecule has 0 fully saturated rings. The number of aliphatic hydroxyl groups excluding tert-OH is 1. The van der Waals surface area contributed by atoms with Crippen molar-refractivity contribution < 1.29 is 14.6 Å². The van der Waals surface area contributed by atoms with E-state index in [2.05, 4.69) is 15.9 Å². The van der Waals surface area contributed by atoms with E-state index in [4.69, 9.17) is 14.6 Å². The maximum atomic E-state index is 8.40. The molecule has 1 atom stereocenters. The van der Waals surface area contributed by atoms with E-state index in [9.17, 15) is 0 Å². The lowest BCUT2D eigenvalue weighted by Crippen LogP contribution is -2.25. The first-order valence-corrected chi connectivity index (χ1v) is 3.99. The van der Waals surface area contributed by atoms with Gasteiger partial charge in [-0.2, -0.15) is 0 Å². The highest BCUT2D eigenvalue weighted by Crippen LogP contribution is 2.19. The Hall–Kier alpha value is 0.360. The Morgan fingerprint density at radius 2 is 2.10 bits per heavy atom. The lowest BCUT2D eigenvalue weighted by molar-refractivity contribution is -0.155. The fourth-order valence-electron chi connectivity index (χ4n) is 0.527. The minimum Gasteiger partial charge on any atom is -0.394 e. The zero-order valence-electron chi connectivity index (χ0n) is 6.26. The molecule has 3 nitrogen and oxygen atoms in total. The van der Waals surface area contributed by atoms with Crippen molar-refractivity contribution in [3.63, 3.8) is 0 Å². The summed E-state index contributed by atoms with van der Waals surface area (Å²) in [6.07, 6.45) is 0. The van der Waals surface area contributed by atoms with Gasteiger partial charge in [-0.3, -0.25) is 0 Å². The molecule has 0 aromatic heterocycles. The summed E-state index contributed by atoms with van der Waals surface area (Å²) in [6.45, 7) is 4.48. The topological polar surface area (TPSA) is 38.7 Å². The average molecular weight is 213 g/mol. The molecule has 0 aliphatic heterocycles. The van der Waals surface area contributed by atoms with Crippen LogP contribution in [-0.2, 0) is 9.47 Å². The van der Waals surface area contributed by atoms with Gasteiger partial charge in [0.2, 0.25) is 4.70 Å². The van der Waals surface area contributed by atoms with Crippen LogP contribution in [0.25, 0.3) is 0 Å². The maximum Gasteiger partial charge on any atom is 0.223 e. The SMILES string of the molecule is CCOC(C)(Br)OCCO. The van der Waals surface area contributed by atoms with Gasteiger partial charge in [-0.1, -0.05) is 0 Å². The lowest BCUT2D eigenvalue weighted by atomic mass is 10.7. The van der Waals surface area contributed by atoms with Crippen LogP contribution in [0.2, 0.25) is 0 Å². The number of hydrogen-bond donors (Lipinski definition) is 1. The molecule has 0 aromatic rings. The molecular weight excluding hydrogens is 200 g/mol. The maximum absolute atomic E-state index is 8.40. The van der Waals surface area contributed by atoms with Gasteiger partial charge in [0.15, 0.2) is 0 Å². The molecule has 0 rings (SSSR count). The van der Waals surface area contributed by atoms with Crippen molar-refractivity contribution in [2.75, 3.05) is 19.8 Å². The minimum absolute atomic E-state index is 0.00820. The van der Waals surface area contributed by atoms with E-state index in [0.29, 0.717) is 6.61 Å². The van der Waals surface area contributed by atoms with Gasteiger partial charge >= 0.3 is 0 Å². The van der Waals surface area contributed by atoms with Gasteiger partial charge < -0.3 is 14.6 Å². The third kappa shape index (κ3) is 5.17. The third-order valence-electron chi connectivity index (χ3n) is 0.853. The van der Waals surface area contributed by atoms with E-state index < -0.39 is 4.70 Å². The first-order valence-electron chi connectivity index (χ1n) is 3.20. The predicted molar refractivity (Wildman–Crippen MR) is 42.0 cm³/mol. The van der Waals surface area contributed by atoms with Crippen LogP contribution >= 0.6 is 15.9 Å². The van der Waals surface area contributed by atoms with Crippen molar-refractivity contribution in [1.29, 1.82) is 0 Å². The van der Waals surface area contributed by atoms with Gasteiger partial charge in [0, 0.05) is 13.5 Å². The van der Waals surface area contributed by atoms with E-state index in [1.807, 2.05) is 6.92 Å². The Bertz CT molecular complexity index is 85.1. The summed E-state index contributed by atoms with van der Waals surface area (Å²) in [5, 5.41) is 8.40. The minimum atomic E-state index is -0.746. The molecule has 0 saturated heterocycles. The van der Waals surface area contributed by atoms with Crippen LogP contribution in [0.15, 0.2) is 0 Å². The summed E-state index contributed by atoms with van der Waals surface area (Å²) in [7, 11) is 0. The van der Waals surface area contributed by atoms with Crippen molar-refractivity contribution in [3.05, 3.63) is 0 Å². The highest BCUT2D eigenvalue weighted by molar-refractivity contribution is 9.10. The summed E-state index contributed by atoms with van der Waals surface area (Å²) in [5.41, 5.74) is 0. The van der Waals surface area contributed by atoms with Crippen LogP contribution in [-0.4, -0.2) is 29.6 Å². The Morgan fingerprint density at radius 3 is 2.50 bits per heavy atom. The van der Waals surface area contributed by atoms with Gasteiger partial charge in [0.25, 0.3) is 0 Å². The van der Waals surface area contributed by atoms with Crippen LogP contribution in [0, 0.1) is 0 Å². The molecule has 0 aliphatic rings. The third-order valence-corrected chi connectivity index (χ3v) is 1.31. The molecule has 0 spiro atoms. The molecule has 1 N–H and O–H groups in total. The van der Waals surface area contributed by atoms with Gasteiger partial charge in [-0.25, -0.2) is 0 Å². The van der Waals surface area contributed by atoms with E-state index in [1.165, 1.54) is 0 Å². The van der Waals surface area contributed by atoms with Crippen molar-refractivity contribution in [1.82, 2.24) is 0 Å². The summed E-state index contributed by atoms with van der Waals surface area (Å²) in [6, 6.07) is 0. The molecule has 0 aromatic carbocycles. The Morgan fingerprint density at radius 1 is 1.50 bits per heavy atom. The summed E-state index contributed by atoms with van der Waals surface area (Å²) in [4.78, 5) is 0. The average Bonchev–Trinajstić information content (AvgIpc) is 1.84. The molecule has 0 saturated carbocycles. The highest BCUT2D eigenvalue weighted by Gasteiger charge is 2.19. The van der Waals surface area contributed by atoms with Crippen LogP contribution < -0.4 is 0 Å². The first kappa shape index (κ1) is 10.4. The van der Waals surface area contributed by atoms with Crippen molar-refractivity contribution in [2.24, 2.45) is 0 Å². The van der Waals surface area contributed by atoms with E-state index >= 15 is 0 Å². The van der Waals surface area contributed by atoms with E-state index in [1.54, 1.807) is 6.92 Å². The standard InChI is InChI=1S/C6H13BrO3/c1-3-9-6(2,7)10-5-4-8/h8H,3-5H2,1-2H3. The Balaban J connectivity index is 3.42.